The molecule has 1 aromatic carbocycles. The Labute approximate surface area is 139 Å². The van der Waals surface area contributed by atoms with E-state index in [4.69, 9.17) is 35.4 Å². The topological polar surface area (TPSA) is 41.9 Å². The molecule has 1 heterocycles. The van der Waals surface area contributed by atoms with E-state index in [1.165, 1.54) is 0 Å². The van der Waals surface area contributed by atoms with Gasteiger partial charge in [0.05, 0.1) is 15.7 Å². The first-order valence-electron chi connectivity index (χ1n) is 6.37. The lowest BCUT2D eigenvalue weighted by molar-refractivity contribution is 0.729. The van der Waals surface area contributed by atoms with E-state index in [0.717, 1.165) is 22.6 Å². The Morgan fingerprint density at radius 3 is 2.57 bits per heavy atom. The Balaban J connectivity index is 1.97. The zero-order valence-corrected chi connectivity index (χ0v) is 14.3. The van der Waals surface area contributed by atoms with E-state index in [1.807, 2.05) is 31.6 Å². The Kier molecular flexibility index (Phi) is 5.08. The van der Waals surface area contributed by atoms with Crippen LogP contribution < -0.4 is 10.6 Å². The Hall–Kier alpha value is -1.30. The number of anilines is 1. The van der Waals surface area contributed by atoms with E-state index in [0.29, 0.717) is 21.7 Å². The molecule has 7 heteroatoms. The van der Waals surface area contributed by atoms with Crippen molar-refractivity contribution in [2.24, 2.45) is 7.05 Å². The predicted octanol–water partition coefficient (Wildman–Crippen LogP) is 3.83. The van der Waals surface area contributed by atoms with Gasteiger partial charge >= 0.3 is 0 Å². The van der Waals surface area contributed by atoms with Crippen LogP contribution in [-0.2, 0) is 13.6 Å². The van der Waals surface area contributed by atoms with E-state index >= 15 is 0 Å². The monoisotopic (exact) mass is 342 g/mol. The highest BCUT2D eigenvalue weighted by Gasteiger charge is 2.09. The van der Waals surface area contributed by atoms with Gasteiger partial charge in [-0.05, 0) is 44.3 Å². The summed E-state index contributed by atoms with van der Waals surface area (Å²) in [7, 11) is 1.93. The van der Waals surface area contributed by atoms with Gasteiger partial charge < -0.3 is 10.6 Å². The summed E-state index contributed by atoms with van der Waals surface area (Å²) in [5.41, 5.74) is 4.06. The molecule has 0 amide bonds. The molecule has 112 valence electrons. The van der Waals surface area contributed by atoms with Crippen LogP contribution in [0.1, 0.15) is 17.0 Å². The van der Waals surface area contributed by atoms with Crippen LogP contribution in [0.15, 0.2) is 18.2 Å². The van der Waals surface area contributed by atoms with Gasteiger partial charge in [0.2, 0.25) is 0 Å². The molecule has 2 aromatic rings. The minimum absolute atomic E-state index is 0.489. The molecule has 0 aliphatic carbocycles. The number of aryl methyl sites for hydroxylation is 2. The van der Waals surface area contributed by atoms with Crippen LogP contribution in [0.3, 0.4) is 0 Å². The van der Waals surface area contributed by atoms with Crippen LogP contribution in [0.4, 0.5) is 5.69 Å². The normalized spacial score (nSPS) is 10.5. The second-order valence-electron chi connectivity index (χ2n) is 4.71. The van der Waals surface area contributed by atoms with Gasteiger partial charge in [-0.1, -0.05) is 23.2 Å². The fourth-order valence-electron chi connectivity index (χ4n) is 1.99. The molecule has 0 aliphatic heterocycles. The van der Waals surface area contributed by atoms with Crippen molar-refractivity contribution < 1.29 is 0 Å². The van der Waals surface area contributed by atoms with E-state index in [9.17, 15) is 0 Å². The molecule has 21 heavy (non-hydrogen) atoms. The zero-order chi connectivity index (χ0) is 15.6. The van der Waals surface area contributed by atoms with Crippen molar-refractivity contribution in [3.63, 3.8) is 0 Å². The van der Waals surface area contributed by atoms with Gasteiger partial charge in [-0.2, -0.15) is 5.10 Å². The Bertz CT molecular complexity index is 682. The summed E-state index contributed by atoms with van der Waals surface area (Å²) in [4.78, 5) is 0. The van der Waals surface area contributed by atoms with Gasteiger partial charge in [0, 0.05) is 30.5 Å². The molecule has 0 saturated heterocycles. The van der Waals surface area contributed by atoms with E-state index in [1.54, 1.807) is 12.1 Å². The highest BCUT2D eigenvalue weighted by Crippen LogP contribution is 2.24. The smallest absolute Gasteiger partial charge is 0.171 e. The van der Waals surface area contributed by atoms with Crippen molar-refractivity contribution in [2.45, 2.75) is 20.4 Å². The summed E-state index contributed by atoms with van der Waals surface area (Å²) in [6.07, 6.45) is 0. The number of nitrogens with one attached hydrogen (secondary N) is 2. The summed E-state index contributed by atoms with van der Waals surface area (Å²) in [6.45, 7) is 4.64. The summed E-state index contributed by atoms with van der Waals surface area (Å²) < 4.78 is 1.86. The fourth-order valence-corrected chi connectivity index (χ4v) is 2.48. The van der Waals surface area contributed by atoms with Gasteiger partial charge in [-0.3, -0.25) is 4.68 Å². The Morgan fingerprint density at radius 2 is 2.00 bits per heavy atom. The number of hydrogen-bond donors (Lipinski definition) is 2. The largest absolute Gasteiger partial charge is 0.358 e. The van der Waals surface area contributed by atoms with E-state index in [-0.39, 0.29) is 0 Å². The molecular weight excluding hydrogens is 327 g/mol. The Morgan fingerprint density at radius 1 is 1.29 bits per heavy atom. The third kappa shape index (κ3) is 3.87. The van der Waals surface area contributed by atoms with Crippen molar-refractivity contribution >= 4 is 46.2 Å². The number of rotatable bonds is 3. The van der Waals surface area contributed by atoms with Gasteiger partial charge in [0.1, 0.15) is 0 Å². The van der Waals surface area contributed by atoms with Gasteiger partial charge in [-0.15, -0.1) is 0 Å². The number of nitrogens with zero attached hydrogens (tertiary/aromatic N) is 2. The quantitative estimate of drug-likeness (QED) is 0.831. The second kappa shape index (κ2) is 6.64. The van der Waals surface area contributed by atoms with Crippen molar-refractivity contribution in [3.8, 4) is 0 Å². The maximum atomic E-state index is 5.97. The number of benzene rings is 1. The van der Waals surface area contributed by atoms with Crippen molar-refractivity contribution in [2.75, 3.05) is 5.32 Å². The van der Waals surface area contributed by atoms with Crippen LogP contribution in [0.2, 0.25) is 10.0 Å². The third-order valence-electron chi connectivity index (χ3n) is 3.26. The van der Waals surface area contributed by atoms with Crippen LogP contribution in [0.25, 0.3) is 0 Å². The standard InChI is InChI=1S/C14H16Cl2N4S/c1-8-11(9(2)20(3)19-8)7-17-14(21)18-10-4-5-12(15)13(16)6-10/h4-6H,7H2,1-3H3,(H2,17,18,21). The van der Waals surface area contributed by atoms with Crippen molar-refractivity contribution in [3.05, 3.63) is 45.2 Å². The lowest BCUT2D eigenvalue weighted by Gasteiger charge is -2.11. The molecule has 2 N–H and O–H groups in total. The average Bonchev–Trinajstić information content (AvgIpc) is 2.66. The highest BCUT2D eigenvalue weighted by molar-refractivity contribution is 7.80. The molecule has 0 fully saturated rings. The van der Waals surface area contributed by atoms with Gasteiger partial charge in [-0.25, -0.2) is 0 Å². The molecule has 4 nitrogen and oxygen atoms in total. The number of aromatic nitrogens is 2. The number of thiocarbonyl (C=S) groups is 1. The maximum absolute atomic E-state index is 5.97. The molecule has 0 saturated carbocycles. The first kappa shape index (κ1) is 16.1. The molecule has 0 bridgehead atoms. The minimum Gasteiger partial charge on any atom is -0.358 e. The van der Waals surface area contributed by atoms with E-state index < -0.39 is 0 Å². The van der Waals surface area contributed by atoms with Gasteiger partial charge in [0.15, 0.2) is 5.11 Å². The molecule has 0 aliphatic rings. The molecule has 2 rings (SSSR count). The highest BCUT2D eigenvalue weighted by atomic mass is 35.5. The molecule has 0 spiro atoms. The second-order valence-corrected chi connectivity index (χ2v) is 5.93. The third-order valence-corrected chi connectivity index (χ3v) is 4.25. The first-order valence-corrected chi connectivity index (χ1v) is 7.54. The molecular formula is C14H16Cl2N4S. The van der Waals surface area contributed by atoms with Gasteiger partial charge in [0.25, 0.3) is 0 Å². The lowest BCUT2D eigenvalue weighted by atomic mass is 10.2. The predicted molar refractivity (Wildman–Crippen MR) is 92.2 cm³/mol. The summed E-state index contributed by atoms with van der Waals surface area (Å²) in [5.74, 6) is 0. The molecule has 0 radical (unpaired) electrons. The summed E-state index contributed by atoms with van der Waals surface area (Å²) in [6, 6.07) is 5.28. The number of halogens is 2. The first-order chi connectivity index (χ1) is 9.88. The molecule has 0 atom stereocenters. The van der Waals surface area contributed by atoms with Crippen LogP contribution in [0.5, 0.6) is 0 Å². The molecule has 0 unspecified atom stereocenters. The SMILES string of the molecule is Cc1nn(C)c(C)c1CNC(=S)Nc1ccc(Cl)c(Cl)c1. The maximum Gasteiger partial charge on any atom is 0.171 e. The summed E-state index contributed by atoms with van der Waals surface area (Å²) >= 11 is 17.1. The zero-order valence-electron chi connectivity index (χ0n) is 12.0. The number of hydrogen-bond acceptors (Lipinski definition) is 2. The van der Waals surface area contributed by atoms with Crippen LogP contribution in [0, 0.1) is 13.8 Å². The fraction of sp³-hybridized carbons (Fsp3) is 0.286. The van der Waals surface area contributed by atoms with E-state index in [2.05, 4.69) is 15.7 Å². The molecule has 1 aromatic heterocycles. The minimum atomic E-state index is 0.489. The van der Waals surface area contributed by atoms with Crippen LogP contribution in [-0.4, -0.2) is 14.9 Å². The average molecular weight is 343 g/mol. The van der Waals surface area contributed by atoms with Crippen LogP contribution >= 0.6 is 35.4 Å². The lowest BCUT2D eigenvalue weighted by Crippen LogP contribution is -2.28. The summed E-state index contributed by atoms with van der Waals surface area (Å²) in [5, 5.41) is 12.1. The van der Waals surface area contributed by atoms with Crippen molar-refractivity contribution in [1.82, 2.24) is 15.1 Å². The van der Waals surface area contributed by atoms with Crippen molar-refractivity contribution in [1.29, 1.82) is 0 Å².